The molecule has 0 heterocycles. The zero-order chi connectivity index (χ0) is 13.3. The first-order chi connectivity index (χ1) is 8.52. The van der Waals surface area contributed by atoms with Crippen molar-refractivity contribution < 1.29 is 4.39 Å². The average molecular weight is 284 g/mol. The van der Waals surface area contributed by atoms with Crippen molar-refractivity contribution in [3.8, 4) is 11.1 Å². The minimum atomic E-state index is -0.309. The van der Waals surface area contributed by atoms with Gasteiger partial charge < -0.3 is 5.73 Å². The summed E-state index contributed by atoms with van der Waals surface area (Å²) in [4.78, 5) is 0. The highest BCUT2D eigenvalue weighted by Crippen LogP contribution is 2.32. The van der Waals surface area contributed by atoms with E-state index in [4.69, 9.17) is 28.9 Å². The summed E-state index contributed by atoms with van der Waals surface area (Å²) in [6, 6.07) is 8.54. The maximum absolute atomic E-state index is 13.4. The molecule has 0 unspecified atom stereocenters. The van der Waals surface area contributed by atoms with Gasteiger partial charge in [-0.25, -0.2) is 4.39 Å². The van der Waals surface area contributed by atoms with Gasteiger partial charge in [0.2, 0.25) is 0 Å². The molecule has 0 radical (unpaired) electrons. The fourth-order valence-corrected chi connectivity index (χ4v) is 2.23. The van der Waals surface area contributed by atoms with Crippen LogP contribution in [0.1, 0.15) is 11.1 Å². The predicted octanol–water partition coefficient (Wildman–Crippen LogP) is 4.57. The number of hydrogen-bond donors (Lipinski definition) is 1. The third-order valence-electron chi connectivity index (χ3n) is 2.82. The maximum atomic E-state index is 13.4. The lowest BCUT2D eigenvalue weighted by Gasteiger charge is -2.09. The molecule has 0 fully saturated rings. The molecule has 2 N–H and O–H groups in total. The van der Waals surface area contributed by atoms with Crippen molar-refractivity contribution >= 4 is 23.2 Å². The monoisotopic (exact) mass is 283 g/mol. The second-order valence-electron chi connectivity index (χ2n) is 4.09. The summed E-state index contributed by atoms with van der Waals surface area (Å²) in [5.74, 6) is -0.309. The number of hydrogen-bond acceptors (Lipinski definition) is 1. The zero-order valence-corrected chi connectivity index (χ0v) is 11.3. The Morgan fingerprint density at radius 2 is 1.83 bits per heavy atom. The van der Waals surface area contributed by atoms with Crippen molar-refractivity contribution in [1.82, 2.24) is 0 Å². The molecular weight excluding hydrogens is 272 g/mol. The van der Waals surface area contributed by atoms with Crippen LogP contribution in [-0.2, 0) is 6.54 Å². The van der Waals surface area contributed by atoms with Gasteiger partial charge in [-0.1, -0.05) is 29.3 Å². The normalized spacial score (nSPS) is 10.7. The molecule has 2 aromatic rings. The maximum Gasteiger partial charge on any atom is 0.127 e. The van der Waals surface area contributed by atoms with Gasteiger partial charge in [0, 0.05) is 17.1 Å². The van der Waals surface area contributed by atoms with E-state index >= 15 is 0 Å². The average Bonchev–Trinajstić information content (AvgIpc) is 2.35. The Kier molecular flexibility index (Phi) is 3.91. The Balaban J connectivity index is 2.58. The SMILES string of the molecule is Cc1cc(-c2ccc(Cl)c(CN)c2)c(Cl)cc1F. The molecule has 0 amide bonds. The first-order valence-corrected chi connectivity index (χ1v) is 6.23. The third kappa shape index (κ3) is 2.51. The van der Waals surface area contributed by atoms with Crippen LogP contribution in [0.5, 0.6) is 0 Å². The van der Waals surface area contributed by atoms with Gasteiger partial charge in [-0.2, -0.15) is 0 Å². The van der Waals surface area contributed by atoms with Crippen molar-refractivity contribution in [3.05, 3.63) is 57.3 Å². The smallest absolute Gasteiger partial charge is 0.127 e. The lowest BCUT2D eigenvalue weighted by atomic mass is 10.0. The Bertz CT molecular complexity index is 597. The summed E-state index contributed by atoms with van der Waals surface area (Å²) < 4.78 is 13.4. The van der Waals surface area contributed by atoms with Gasteiger partial charge in [0.15, 0.2) is 0 Å². The van der Waals surface area contributed by atoms with Crippen molar-refractivity contribution in [2.45, 2.75) is 13.5 Å². The minimum absolute atomic E-state index is 0.309. The largest absolute Gasteiger partial charge is 0.326 e. The van der Waals surface area contributed by atoms with Crippen molar-refractivity contribution in [2.75, 3.05) is 0 Å². The molecule has 0 atom stereocenters. The highest BCUT2D eigenvalue weighted by atomic mass is 35.5. The third-order valence-corrected chi connectivity index (χ3v) is 3.51. The van der Waals surface area contributed by atoms with E-state index in [2.05, 4.69) is 0 Å². The van der Waals surface area contributed by atoms with E-state index in [-0.39, 0.29) is 5.82 Å². The predicted molar refractivity (Wildman–Crippen MR) is 74.5 cm³/mol. The van der Waals surface area contributed by atoms with Crippen LogP contribution < -0.4 is 5.73 Å². The summed E-state index contributed by atoms with van der Waals surface area (Å²) in [7, 11) is 0. The van der Waals surface area contributed by atoms with E-state index in [9.17, 15) is 4.39 Å². The summed E-state index contributed by atoms with van der Waals surface area (Å²) in [6.45, 7) is 2.05. The Morgan fingerprint density at radius 3 is 2.50 bits per heavy atom. The molecule has 18 heavy (non-hydrogen) atoms. The Hall–Kier alpha value is -1.09. The first kappa shape index (κ1) is 13.3. The molecule has 1 nitrogen and oxygen atoms in total. The van der Waals surface area contributed by atoms with E-state index in [0.717, 1.165) is 16.7 Å². The van der Waals surface area contributed by atoms with Crippen molar-refractivity contribution in [3.63, 3.8) is 0 Å². The first-order valence-electron chi connectivity index (χ1n) is 5.47. The standard InChI is InChI=1S/C14H12Cl2FN/c1-8-4-11(13(16)6-14(8)17)9-2-3-12(15)10(5-9)7-18/h2-6H,7,18H2,1H3. The Labute approximate surface area is 115 Å². The number of nitrogens with two attached hydrogens (primary N) is 1. The van der Waals surface area contributed by atoms with Gasteiger partial charge in [0.25, 0.3) is 0 Å². The van der Waals surface area contributed by atoms with E-state index in [1.165, 1.54) is 6.07 Å². The van der Waals surface area contributed by atoms with E-state index in [1.807, 2.05) is 12.1 Å². The number of benzene rings is 2. The second kappa shape index (κ2) is 5.27. The second-order valence-corrected chi connectivity index (χ2v) is 4.91. The molecule has 0 saturated carbocycles. The molecule has 0 aliphatic heterocycles. The fourth-order valence-electron chi connectivity index (χ4n) is 1.78. The molecule has 0 spiro atoms. The number of rotatable bonds is 2. The molecule has 0 bridgehead atoms. The van der Waals surface area contributed by atoms with Crippen LogP contribution in [0.25, 0.3) is 11.1 Å². The summed E-state index contributed by atoms with van der Waals surface area (Å²) in [5, 5.41) is 1.000. The molecule has 0 saturated heterocycles. The van der Waals surface area contributed by atoms with Gasteiger partial charge in [-0.15, -0.1) is 0 Å². The molecule has 2 aromatic carbocycles. The van der Waals surface area contributed by atoms with Crippen LogP contribution in [-0.4, -0.2) is 0 Å². The van der Waals surface area contributed by atoms with Gasteiger partial charge in [0.05, 0.1) is 5.02 Å². The van der Waals surface area contributed by atoms with Crippen LogP contribution in [0.2, 0.25) is 10.0 Å². The number of halogens is 3. The topological polar surface area (TPSA) is 26.0 Å². The fraction of sp³-hybridized carbons (Fsp3) is 0.143. The van der Waals surface area contributed by atoms with E-state index in [0.29, 0.717) is 22.2 Å². The minimum Gasteiger partial charge on any atom is -0.326 e. The highest BCUT2D eigenvalue weighted by molar-refractivity contribution is 6.33. The molecule has 0 aromatic heterocycles. The molecule has 94 valence electrons. The Morgan fingerprint density at radius 1 is 1.11 bits per heavy atom. The van der Waals surface area contributed by atoms with Gasteiger partial charge in [-0.05, 0) is 47.9 Å². The van der Waals surface area contributed by atoms with Crippen molar-refractivity contribution in [1.29, 1.82) is 0 Å². The lowest BCUT2D eigenvalue weighted by Crippen LogP contribution is -1.97. The zero-order valence-electron chi connectivity index (χ0n) is 9.81. The summed E-state index contributed by atoms with van der Waals surface area (Å²) in [5.41, 5.74) is 8.67. The van der Waals surface area contributed by atoms with E-state index < -0.39 is 0 Å². The van der Waals surface area contributed by atoms with Crippen LogP contribution in [0, 0.1) is 12.7 Å². The van der Waals surface area contributed by atoms with Gasteiger partial charge >= 0.3 is 0 Å². The van der Waals surface area contributed by atoms with Gasteiger partial charge in [-0.3, -0.25) is 0 Å². The molecular formula is C14H12Cl2FN. The van der Waals surface area contributed by atoms with Crippen LogP contribution in [0.15, 0.2) is 30.3 Å². The summed E-state index contributed by atoms with van der Waals surface area (Å²) >= 11 is 12.1. The lowest BCUT2D eigenvalue weighted by molar-refractivity contribution is 0.619. The van der Waals surface area contributed by atoms with Crippen LogP contribution >= 0.6 is 23.2 Å². The number of aryl methyl sites for hydroxylation is 1. The molecule has 2 rings (SSSR count). The van der Waals surface area contributed by atoms with Crippen LogP contribution in [0.4, 0.5) is 4.39 Å². The van der Waals surface area contributed by atoms with Crippen LogP contribution in [0.3, 0.4) is 0 Å². The molecule has 0 aliphatic carbocycles. The molecule has 0 aliphatic rings. The molecule has 4 heteroatoms. The van der Waals surface area contributed by atoms with Crippen molar-refractivity contribution in [2.24, 2.45) is 5.73 Å². The highest BCUT2D eigenvalue weighted by Gasteiger charge is 2.09. The summed E-state index contributed by atoms with van der Waals surface area (Å²) in [6.07, 6.45) is 0. The van der Waals surface area contributed by atoms with Gasteiger partial charge in [0.1, 0.15) is 5.82 Å². The van der Waals surface area contributed by atoms with E-state index in [1.54, 1.807) is 19.1 Å². The quantitative estimate of drug-likeness (QED) is 0.859.